The second-order valence-electron chi connectivity index (χ2n) is 2.72. The van der Waals surface area contributed by atoms with Crippen molar-refractivity contribution in [1.82, 2.24) is 5.01 Å². The van der Waals surface area contributed by atoms with Gasteiger partial charge in [0.25, 0.3) is 0 Å². The van der Waals surface area contributed by atoms with Crippen LogP contribution in [0.1, 0.15) is 19.8 Å². The number of halogens is 2. The first-order valence-electron chi connectivity index (χ1n) is 3.28. The molecule has 4 heteroatoms. The van der Waals surface area contributed by atoms with Crippen LogP contribution >= 0.6 is 24.8 Å². The topological polar surface area (TPSA) is 29.3 Å². The van der Waals surface area contributed by atoms with Crippen LogP contribution in [0.2, 0.25) is 0 Å². The summed E-state index contributed by atoms with van der Waals surface area (Å²) in [4.78, 5) is 0. The van der Waals surface area contributed by atoms with E-state index in [9.17, 15) is 0 Å². The molecule has 1 fully saturated rings. The number of hydrogen-bond acceptors (Lipinski definition) is 2. The van der Waals surface area contributed by atoms with E-state index < -0.39 is 0 Å². The monoisotopic (exact) mass is 186 g/mol. The molecule has 1 aliphatic rings. The Balaban J connectivity index is 0. The number of hydrazine groups is 1. The van der Waals surface area contributed by atoms with E-state index in [1.807, 2.05) is 5.01 Å². The normalized spacial score (nSPS) is 21.0. The highest BCUT2D eigenvalue weighted by molar-refractivity contribution is 5.85. The third kappa shape index (κ3) is 4.34. The lowest BCUT2D eigenvalue weighted by Gasteiger charge is -2.25. The Morgan fingerprint density at radius 2 is 1.60 bits per heavy atom. The molecule has 0 bridgehead atoms. The number of hydrogen-bond donors (Lipinski definition) is 1. The number of piperidine rings is 1. The van der Waals surface area contributed by atoms with Crippen molar-refractivity contribution in [2.24, 2.45) is 11.8 Å². The van der Waals surface area contributed by atoms with E-state index in [4.69, 9.17) is 5.84 Å². The van der Waals surface area contributed by atoms with Crippen molar-refractivity contribution >= 4 is 24.8 Å². The minimum absolute atomic E-state index is 0. The van der Waals surface area contributed by atoms with E-state index in [1.165, 1.54) is 12.8 Å². The minimum Gasteiger partial charge on any atom is -0.269 e. The van der Waals surface area contributed by atoms with Crippen molar-refractivity contribution in [2.75, 3.05) is 13.1 Å². The first-order chi connectivity index (χ1) is 3.79. The molecule has 0 atom stereocenters. The predicted octanol–water partition coefficient (Wildman–Crippen LogP) is 1.44. The number of nitrogens with zero attached hydrogens (tertiary/aromatic N) is 1. The SMILES string of the molecule is CC1CCN(N)CC1.Cl.Cl. The van der Waals surface area contributed by atoms with Crippen molar-refractivity contribution in [1.29, 1.82) is 0 Å². The van der Waals surface area contributed by atoms with Crippen molar-refractivity contribution in [3.8, 4) is 0 Å². The molecule has 0 spiro atoms. The third-order valence-corrected chi connectivity index (χ3v) is 1.82. The molecule has 1 aliphatic heterocycles. The zero-order valence-electron chi connectivity index (χ0n) is 6.25. The molecule has 64 valence electrons. The van der Waals surface area contributed by atoms with E-state index in [2.05, 4.69) is 6.92 Å². The summed E-state index contributed by atoms with van der Waals surface area (Å²) in [5, 5.41) is 1.90. The summed E-state index contributed by atoms with van der Waals surface area (Å²) in [6.07, 6.45) is 2.55. The van der Waals surface area contributed by atoms with Crippen LogP contribution in [0.3, 0.4) is 0 Å². The minimum atomic E-state index is 0. The summed E-state index contributed by atoms with van der Waals surface area (Å²) in [5.41, 5.74) is 0. The quantitative estimate of drug-likeness (QED) is 0.581. The second-order valence-corrected chi connectivity index (χ2v) is 2.72. The Hall–Kier alpha value is 0.500. The molecule has 0 aromatic heterocycles. The van der Waals surface area contributed by atoms with Crippen molar-refractivity contribution < 1.29 is 0 Å². The Bertz CT molecular complexity index is 62.1. The Labute approximate surface area is 74.9 Å². The van der Waals surface area contributed by atoms with E-state index >= 15 is 0 Å². The summed E-state index contributed by atoms with van der Waals surface area (Å²) in [6.45, 7) is 4.45. The van der Waals surface area contributed by atoms with Gasteiger partial charge in [0.05, 0.1) is 0 Å². The fourth-order valence-electron chi connectivity index (χ4n) is 1.03. The summed E-state index contributed by atoms with van der Waals surface area (Å²) in [6, 6.07) is 0. The van der Waals surface area contributed by atoms with E-state index in [1.54, 1.807) is 0 Å². The molecule has 2 N–H and O–H groups in total. The first-order valence-corrected chi connectivity index (χ1v) is 3.28. The molecule has 0 radical (unpaired) electrons. The molecule has 1 saturated heterocycles. The van der Waals surface area contributed by atoms with Crippen molar-refractivity contribution in [2.45, 2.75) is 19.8 Å². The van der Waals surface area contributed by atoms with Gasteiger partial charge in [0.1, 0.15) is 0 Å². The summed E-state index contributed by atoms with van der Waals surface area (Å²) in [7, 11) is 0. The fourth-order valence-corrected chi connectivity index (χ4v) is 1.03. The average molecular weight is 187 g/mol. The maximum Gasteiger partial charge on any atom is 0.0131 e. The lowest BCUT2D eigenvalue weighted by molar-refractivity contribution is 0.196. The maximum atomic E-state index is 5.53. The molecule has 1 heterocycles. The van der Waals surface area contributed by atoms with Crippen LogP contribution in [0.5, 0.6) is 0 Å². The average Bonchev–Trinajstić information content (AvgIpc) is 1.77. The highest BCUT2D eigenvalue weighted by Crippen LogP contribution is 2.12. The van der Waals surface area contributed by atoms with Crippen LogP contribution in [0.25, 0.3) is 0 Å². The van der Waals surface area contributed by atoms with Gasteiger partial charge in [-0.15, -0.1) is 24.8 Å². The fraction of sp³-hybridized carbons (Fsp3) is 1.00. The maximum absolute atomic E-state index is 5.53. The van der Waals surface area contributed by atoms with Gasteiger partial charge in [0, 0.05) is 13.1 Å². The van der Waals surface area contributed by atoms with E-state index in [0.29, 0.717) is 0 Å². The Kier molecular flexibility index (Phi) is 8.17. The van der Waals surface area contributed by atoms with Gasteiger partial charge in [-0.3, -0.25) is 5.84 Å². The molecule has 1 rings (SSSR count). The standard InChI is InChI=1S/C6H14N2.2ClH/c1-6-2-4-8(7)5-3-6;;/h6H,2-5,7H2,1H3;2*1H. The van der Waals surface area contributed by atoms with Gasteiger partial charge in [-0.05, 0) is 18.8 Å². The zero-order valence-corrected chi connectivity index (χ0v) is 7.88. The van der Waals surface area contributed by atoms with Gasteiger partial charge in [0.15, 0.2) is 0 Å². The van der Waals surface area contributed by atoms with Crippen LogP contribution < -0.4 is 5.84 Å². The second kappa shape index (κ2) is 6.23. The Morgan fingerprint density at radius 1 is 1.20 bits per heavy atom. The van der Waals surface area contributed by atoms with Crippen LogP contribution in [0.4, 0.5) is 0 Å². The largest absolute Gasteiger partial charge is 0.269 e. The van der Waals surface area contributed by atoms with E-state index in [-0.39, 0.29) is 24.8 Å². The van der Waals surface area contributed by atoms with Gasteiger partial charge in [-0.2, -0.15) is 0 Å². The molecule has 0 aromatic rings. The summed E-state index contributed by atoms with van der Waals surface area (Å²) in [5.74, 6) is 6.43. The third-order valence-electron chi connectivity index (χ3n) is 1.82. The molecule has 0 unspecified atom stereocenters. The van der Waals surface area contributed by atoms with Gasteiger partial charge in [-0.25, -0.2) is 5.01 Å². The van der Waals surface area contributed by atoms with Crippen molar-refractivity contribution in [3.63, 3.8) is 0 Å². The molecular formula is C6H16Cl2N2. The van der Waals surface area contributed by atoms with Gasteiger partial charge in [0.2, 0.25) is 0 Å². The first kappa shape index (κ1) is 13.1. The predicted molar refractivity (Wildman–Crippen MR) is 48.7 cm³/mol. The zero-order chi connectivity index (χ0) is 5.98. The number of rotatable bonds is 0. The van der Waals surface area contributed by atoms with Crippen LogP contribution in [0.15, 0.2) is 0 Å². The van der Waals surface area contributed by atoms with Crippen LogP contribution in [-0.2, 0) is 0 Å². The molecule has 0 aliphatic carbocycles. The molecule has 2 nitrogen and oxygen atoms in total. The summed E-state index contributed by atoms with van der Waals surface area (Å²) >= 11 is 0. The van der Waals surface area contributed by atoms with Gasteiger partial charge in [-0.1, -0.05) is 6.92 Å². The van der Waals surface area contributed by atoms with Gasteiger partial charge >= 0.3 is 0 Å². The summed E-state index contributed by atoms with van der Waals surface area (Å²) < 4.78 is 0. The number of nitrogens with two attached hydrogens (primary N) is 1. The highest BCUT2D eigenvalue weighted by Gasteiger charge is 2.11. The van der Waals surface area contributed by atoms with Crippen LogP contribution in [-0.4, -0.2) is 18.1 Å². The molecule has 0 saturated carbocycles. The highest BCUT2D eigenvalue weighted by atomic mass is 35.5. The van der Waals surface area contributed by atoms with Crippen LogP contribution in [0, 0.1) is 5.92 Å². The molecule has 0 aromatic carbocycles. The molecule has 0 amide bonds. The van der Waals surface area contributed by atoms with Gasteiger partial charge < -0.3 is 0 Å². The lowest BCUT2D eigenvalue weighted by Crippen LogP contribution is -2.38. The van der Waals surface area contributed by atoms with Crippen molar-refractivity contribution in [3.05, 3.63) is 0 Å². The molecule has 10 heavy (non-hydrogen) atoms. The Morgan fingerprint density at radius 3 is 1.90 bits per heavy atom. The van der Waals surface area contributed by atoms with E-state index in [0.717, 1.165) is 19.0 Å². The lowest BCUT2D eigenvalue weighted by atomic mass is 10.0. The smallest absolute Gasteiger partial charge is 0.0131 e. The molecular weight excluding hydrogens is 171 g/mol.